The molecule has 1 aromatic heterocycles. The molecule has 0 bridgehead atoms. The Hall–Kier alpha value is -2.65. The fourth-order valence-corrected chi connectivity index (χ4v) is 3.89. The Balaban J connectivity index is 1.70. The minimum absolute atomic E-state index is 0.0407. The van der Waals surface area contributed by atoms with Gasteiger partial charge in [0.05, 0.1) is 29.0 Å². The zero-order valence-corrected chi connectivity index (χ0v) is 20.5. The number of nitrogens with one attached hydrogen (secondary N) is 1. The third-order valence-corrected chi connectivity index (χ3v) is 5.61. The van der Waals surface area contributed by atoms with Gasteiger partial charge in [-0.15, -0.1) is 0 Å². The molecule has 1 aliphatic rings. The highest BCUT2D eigenvalue weighted by Crippen LogP contribution is 2.32. The first kappa shape index (κ1) is 24.0. The lowest BCUT2D eigenvalue weighted by molar-refractivity contribution is -0.347. The second-order valence-corrected chi connectivity index (χ2v) is 10.1. The molecule has 0 aliphatic carbocycles. The van der Waals surface area contributed by atoms with Gasteiger partial charge in [-0.25, -0.2) is 9.79 Å². The number of benzene rings is 1. The number of carbonyl (C=O) groups is 1. The van der Waals surface area contributed by atoms with Crippen molar-refractivity contribution in [2.75, 3.05) is 13.1 Å². The fraction of sp³-hybridized carbons (Fsp3) is 0.455. The molecule has 1 aliphatic heterocycles. The second-order valence-electron chi connectivity index (χ2n) is 8.72. The topological polar surface area (TPSA) is 105 Å². The minimum Gasteiger partial charge on any atom is -0.489 e. The molecular formula is C22H29ClN5O3S+. The van der Waals surface area contributed by atoms with Crippen LogP contribution in [0.25, 0.3) is 10.6 Å². The number of amides is 1. The van der Waals surface area contributed by atoms with Crippen LogP contribution < -0.4 is 15.5 Å². The van der Waals surface area contributed by atoms with Gasteiger partial charge in [0.1, 0.15) is 11.4 Å². The van der Waals surface area contributed by atoms with Gasteiger partial charge in [0.2, 0.25) is 0 Å². The van der Waals surface area contributed by atoms with Crippen LogP contribution in [0.15, 0.2) is 29.5 Å². The summed E-state index contributed by atoms with van der Waals surface area (Å²) in [5.41, 5.74) is 8.02. The first-order chi connectivity index (χ1) is 15.0. The molecule has 0 spiro atoms. The van der Waals surface area contributed by atoms with E-state index in [1.54, 1.807) is 11.1 Å². The van der Waals surface area contributed by atoms with Gasteiger partial charge in [-0.2, -0.15) is 0 Å². The van der Waals surface area contributed by atoms with Gasteiger partial charge in [-0.3, -0.25) is 0 Å². The molecular weight excluding hydrogens is 450 g/mol. The van der Waals surface area contributed by atoms with Gasteiger partial charge >= 0.3 is 11.2 Å². The van der Waals surface area contributed by atoms with Crippen molar-refractivity contribution in [3.8, 4) is 16.3 Å². The molecule has 3 N–H and O–H groups in total. The summed E-state index contributed by atoms with van der Waals surface area (Å²) in [6, 6.07) is 5.54. The SMILES string of the molecule is CC(C)Oc1ccc(-c2nnc([NH+]=CC3=C(N)CCN(C(=O)OC(C)(C)C)C3)s2)cc1Cl. The molecule has 1 aromatic carbocycles. The Kier molecular flexibility index (Phi) is 7.40. The molecule has 32 heavy (non-hydrogen) atoms. The Labute approximate surface area is 197 Å². The van der Waals surface area contributed by atoms with E-state index >= 15 is 0 Å². The normalized spacial score (nSPS) is 15.0. The van der Waals surface area contributed by atoms with Gasteiger partial charge in [-0.05, 0) is 69.3 Å². The molecule has 0 atom stereocenters. The van der Waals surface area contributed by atoms with Crippen LogP contribution in [0.3, 0.4) is 0 Å². The Bertz CT molecular complexity index is 1040. The summed E-state index contributed by atoms with van der Waals surface area (Å²) < 4.78 is 11.1. The third-order valence-electron chi connectivity index (χ3n) is 4.41. The number of nitrogens with two attached hydrogens (primary N) is 1. The van der Waals surface area contributed by atoms with Gasteiger partial charge in [0, 0.05) is 29.8 Å². The molecule has 0 fully saturated rings. The molecule has 2 aromatic rings. The molecule has 0 radical (unpaired) electrons. The van der Waals surface area contributed by atoms with Gasteiger partial charge in [-0.1, -0.05) is 11.6 Å². The van der Waals surface area contributed by atoms with E-state index in [9.17, 15) is 4.79 Å². The average molecular weight is 479 g/mol. The Morgan fingerprint density at radius 3 is 2.75 bits per heavy atom. The smallest absolute Gasteiger partial charge is 0.410 e. The molecule has 3 rings (SSSR count). The van der Waals surface area contributed by atoms with Gasteiger partial charge in [0.25, 0.3) is 0 Å². The number of carbonyl (C=O) groups excluding carboxylic acids is 1. The van der Waals surface area contributed by atoms with Crippen molar-refractivity contribution in [1.82, 2.24) is 15.1 Å². The predicted molar refractivity (Wildman–Crippen MR) is 126 cm³/mol. The molecule has 8 nitrogen and oxygen atoms in total. The average Bonchev–Trinajstić information content (AvgIpc) is 3.16. The second kappa shape index (κ2) is 9.87. The number of hydrogen-bond donors (Lipinski definition) is 2. The summed E-state index contributed by atoms with van der Waals surface area (Å²) in [5.74, 6) is 0.635. The number of aromatic nitrogens is 2. The number of rotatable bonds is 5. The quantitative estimate of drug-likeness (QED) is 0.639. The van der Waals surface area contributed by atoms with Crippen LogP contribution >= 0.6 is 22.9 Å². The number of hydrogen-bond acceptors (Lipinski definition) is 7. The summed E-state index contributed by atoms with van der Waals surface area (Å²) in [5, 5.41) is 10.3. The molecule has 2 heterocycles. The number of nitrogens with zero attached hydrogens (tertiary/aromatic N) is 3. The van der Waals surface area contributed by atoms with E-state index < -0.39 is 5.60 Å². The van der Waals surface area contributed by atoms with E-state index in [0.29, 0.717) is 35.4 Å². The van der Waals surface area contributed by atoms with Crippen LogP contribution in [0.4, 0.5) is 9.93 Å². The summed E-state index contributed by atoms with van der Waals surface area (Å²) >= 11 is 7.72. The van der Waals surface area contributed by atoms with Crippen molar-refractivity contribution >= 4 is 40.4 Å². The standard InChI is InChI=1S/C22H28ClN5O3S/c1-13(2)30-18-7-6-14(10-16(18)23)19-26-27-20(32-19)25-11-15-12-28(9-8-17(15)24)21(29)31-22(3,4)5/h6-7,10-11,13H,8-9,12,24H2,1-5H3/p+1. The van der Waals surface area contributed by atoms with Crippen molar-refractivity contribution in [2.24, 2.45) is 5.73 Å². The molecule has 0 saturated carbocycles. The Morgan fingerprint density at radius 2 is 2.09 bits per heavy atom. The summed E-state index contributed by atoms with van der Waals surface area (Å²) in [4.78, 5) is 17.2. The van der Waals surface area contributed by atoms with E-state index in [-0.39, 0.29) is 12.2 Å². The third kappa shape index (κ3) is 6.43. The molecule has 10 heteroatoms. The minimum atomic E-state index is -0.545. The van der Waals surface area contributed by atoms with E-state index in [1.165, 1.54) is 11.3 Å². The molecule has 0 saturated heterocycles. The summed E-state index contributed by atoms with van der Waals surface area (Å²) in [7, 11) is 0. The summed E-state index contributed by atoms with van der Waals surface area (Å²) in [6.07, 6.45) is 2.04. The molecule has 1 amide bonds. The predicted octanol–water partition coefficient (Wildman–Crippen LogP) is 3.28. The largest absolute Gasteiger partial charge is 0.489 e. The number of ether oxygens (including phenoxy) is 2. The van der Waals surface area contributed by atoms with Crippen molar-refractivity contribution in [3.05, 3.63) is 34.5 Å². The maximum atomic E-state index is 12.4. The highest BCUT2D eigenvalue weighted by Gasteiger charge is 2.26. The van der Waals surface area contributed by atoms with E-state index in [0.717, 1.165) is 21.8 Å². The maximum absolute atomic E-state index is 12.4. The van der Waals surface area contributed by atoms with Gasteiger partial charge < -0.3 is 20.1 Å². The van der Waals surface area contributed by atoms with Crippen LogP contribution in [0.1, 0.15) is 41.0 Å². The van der Waals surface area contributed by atoms with E-state index in [4.69, 9.17) is 26.8 Å². The van der Waals surface area contributed by atoms with Crippen LogP contribution in [0.2, 0.25) is 5.02 Å². The highest BCUT2D eigenvalue weighted by molar-refractivity contribution is 7.17. The van der Waals surface area contributed by atoms with Crippen molar-refractivity contribution in [1.29, 1.82) is 0 Å². The monoisotopic (exact) mass is 478 g/mol. The lowest BCUT2D eigenvalue weighted by Crippen LogP contribution is -2.62. The van der Waals surface area contributed by atoms with Crippen LogP contribution in [0, 0.1) is 0 Å². The van der Waals surface area contributed by atoms with Crippen LogP contribution in [-0.2, 0) is 4.74 Å². The first-order valence-electron chi connectivity index (χ1n) is 10.4. The fourth-order valence-electron chi connectivity index (χ4n) is 2.95. The van der Waals surface area contributed by atoms with Crippen molar-refractivity contribution in [3.63, 3.8) is 0 Å². The van der Waals surface area contributed by atoms with Gasteiger partial charge in [0.15, 0.2) is 5.01 Å². The lowest BCUT2D eigenvalue weighted by Gasteiger charge is -2.30. The zero-order chi connectivity index (χ0) is 23.5. The van der Waals surface area contributed by atoms with Crippen molar-refractivity contribution in [2.45, 2.75) is 52.7 Å². The zero-order valence-electron chi connectivity index (χ0n) is 18.9. The first-order valence-corrected chi connectivity index (χ1v) is 11.6. The molecule has 0 unspecified atom stereocenters. The van der Waals surface area contributed by atoms with E-state index in [2.05, 4.69) is 15.2 Å². The summed E-state index contributed by atoms with van der Waals surface area (Å²) in [6.45, 7) is 10.3. The number of halogens is 1. The Morgan fingerprint density at radius 1 is 1.34 bits per heavy atom. The van der Waals surface area contributed by atoms with Crippen LogP contribution in [-0.4, -0.2) is 52.2 Å². The van der Waals surface area contributed by atoms with Crippen molar-refractivity contribution < 1.29 is 19.3 Å². The van der Waals surface area contributed by atoms with E-state index in [1.807, 2.05) is 52.8 Å². The highest BCUT2D eigenvalue weighted by atomic mass is 35.5. The molecule has 172 valence electrons. The lowest BCUT2D eigenvalue weighted by atomic mass is 10.1. The van der Waals surface area contributed by atoms with Crippen LogP contribution in [0.5, 0.6) is 5.75 Å². The maximum Gasteiger partial charge on any atom is 0.410 e.